The summed E-state index contributed by atoms with van der Waals surface area (Å²) in [7, 11) is 1.69. The van der Waals surface area contributed by atoms with Crippen LogP contribution in [-0.2, 0) is 17.9 Å². The van der Waals surface area contributed by atoms with Crippen molar-refractivity contribution in [3.63, 3.8) is 0 Å². The summed E-state index contributed by atoms with van der Waals surface area (Å²) in [6, 6.07) is 10.1. The van der Waals surface area contributed by atoms with Gasteiger partial charge in [0.15, 0.2) is 11.5 Å². The Morgan fingerprint density at radius 3 is 2.87 bits per heavy atom. The number of ether oxygens (including phenoxy) is 3. The highest BCUT2D eigenvalue weighted by atomic mass is 32.1. The molecule has 0 atom stereocenters. The molecular weight excluding hydrogens is 400 g/mol. The third-order valence-corrected chi connectivity index (χ3v) is 5.77. The molecule has 1 aliphatic rings. The number of thiazole rings is 1. The van der Waals surface area contributed by atoms with Crippen LogP contribution in [-0.4, -0.2) is 28.9 Å². The van der Waals surface area contributed by atoms with E-state index in [0.717, 1.165) is 55.6 Å². The van der Waals surface area contributed by atoms with E-state index >= 15 is 0 Å². The van der Waals surface area contributed by atoms with Gasteiger partial charge in [-0.25, -0.2) is 15.0 Å². The fourth-order valence-corrected chi connectivity index (χ4v) is 4.17. The fraction of sp³-hybridized carbons (Fsp3) is 0.227. The molecule has 5 rings (SSSR count). The highest BCUT2D eigenvalue weighted by Crippen LogP contribution is 2.38. The number of methoxy groups -OCH3 is 1. The van der Waals surface area contributed by atoms with Crippen LogP contribution in [0.3, 0.4) is 0 Å². The van der Waals surface area contributed by atoms with Gasteiger partial charge in [-0.1, -0.05) is 6.07 Å². The van der Waals surface area contributed by atoms with Crippen LogP contribution < -0.4 is 14.8 Å². The van der Waals surface area contributed by atoms with E-state index in [9.17, 15) is 0 Å². The summed E-state index contributed by atoms with van der Waals surface area (Å²) in [5, 5.41) is 7.45. The van der Waals surface area contributed by atoms with E-state index in [0.29, 0.717) is 13.2 Å². The predicted octanol–water partition coefficient (Wildman–Crippen LogP) is 4.55. The second kappa shape index (κ2) is 7.89. The molecular formula is C22H20N4O3S. The number of nitrogens with one attached hydrogen (secondary N) is 1. The minimum atomic E-state index is 0.249. The Morgan fingerprint density at radius 2 is 2.03 bits per heavy atom. The number of nitrogens with zero attached hydrogens (tertiary/aromatic N) is 3. The zero-order valence-corrected chi connectivity index (χ0v) is 17.5. The first-order chi connectivity index (χ1) is 14.7. The zero-order valence-electron chi connectivity index (χ0n) is 16.6. The van der Waals surface area contributed by atoms with E-state index in [1.54, 1.807) is 24.8 Å². The molecule has 0 radical (unpaired) electrons. The summed E-state index contributed by atoms with van der Waals surface area (Å²) in [4.78, 5) is 13.5. The van der Waals surface area contributed by atoms with Gasteiger partial charge in [0.2, 0.25) is 6.79 Å². The zero-order chi connectivity index (χ0) is 20.5. The molecule has 152 valence electrons. The molecule has 1 aliphatic heterocycles. The summed E-state index contributed by atoms with van der Waals surface area (Å²) in [6.45, 7) is 3.34. The Balaban J connectivity index is 1.57. The van der Waals surface area contributed by atoms with E-state index in [2.05, 4.69) is 37.8 Å². The maximum Gasteiger partial charge on any atom is 0.231 e. The number of benzene rings is 2. The number of fused-ring (bicyclic) bond motifs is 2. The topological polar surface area (TPSA) is 78.4 Å². The molecule has 8 heteroatoms. The summed E-state index contributed by atoms with van der Waals surface area (Å²) in [5.41, 5.74) is 4.97. The van der Waals surface area contributed by atoms with Crippen molar-refractivity contribution in [2.45, 2.75) is 20.1 Å². The van der Waals surface area contributed by atoms with Crippen LogP contribution in [0.4, 0.5) is 5.82 Å². The molecule has 4 aromatic rings. The van der Waals surface area contributed by atoms with Crippen LogP contribution in [0, 0.1) is 6.92 Å². The lowest BCUT2D eigenvalue weighted by Gasteiger charge is -2.14. The van der Waals surface area contributed by atoms with Crippen molar-refractivity contribution < 1.29 is 14.2 Å². The molecule has 7 nitrogen and oxygen atoms in total. The Bertz CT molecular complexity index is 1220. The van der Waals surface area contributed by atoms with Crippen molar-refractivity contribution in [3.05, 3.63) is 58.3 Å². The summed E-state index contributed by atoms with van der Waals surface area (Å²) < 4.78 is 16.5. The molecule has 2 aromatic heterocycles. The number of hydrogen-bond donors (Lipinski definition) is 1. The van der Waals surface area contributed by atoms with Gasteiger partial charge >= 0.3 is 0 Å². The first-order valence-electron chi connectivity index (χ1n) is 9.53. The molecule has 0 bridgehead atoms. The molecule has 2 aromatic carbocycles. The fourth-order valence-electron chi connectivity index (χ4n) is 3.56. The summed E-state index contributed by atoms with van der Waals surface area (Å²) in [6.07, 6.45) is 1.58. The predicted molar refractivity (Wildman–Crippen MR) is 116 cm³/mol. The average molecular weight is 420 g/mol. The number of rotatable bonds is 6. The van der Waals surface area contributed by atoms with Gasteiger partial charge in [-0.05, 0) is 47.9 Å². The lowest BCUT2D eigenvalue weighted by molar-refractivity contribution is 0.174. The maximum atomic E-state index is 5.56. The Morgan fingerprint density at radius 1 is 1.13 bits per heavy atom. The largest absolute Gasteiger partial charge is 0.454 e. The maximum absolute atomic E-state index is 5.56. The molecule has 3 heterocycles. The second-order valence-electron chi connectivity index (χ2n) is 6.96. The Hall–Kier alpha value is -3.23. The van der Waals surface area contributed by atoms with Gasteiger partial charge in [-0.3, -0.25) is 0 Å². The molecule has 0 saturated carbocycles. The first kappa shape index (κ1) is 18.8. The molecule has 0 aliphatic carbocycles. The Kier molecular flexibility index (Phi) is 4.94. The standard InChI is InChI=1S/C22H20N4O3S/c1-13-26-16(10-30-13)8-23-22-18-7-17(14-3-4-20-21(6-14)29-12-28-20)15(9-27-2)5-19(18)24-11-25-22/h3-7,10-11H,8-9,12H2,1-2H3,(H,23,24,25). The van der Waals surface area contributed by atoms with Gasteiger partial charge in [0, 0.05) is 17.9 Å². The highest BCUT2D eigenvalue weighted by Gasteiger charge is 2.17. The quantitative estimate of drug-likeness (QED) is 0.490. The number of aryl methyl sites for hydroxylation is 1. The number of anilines is 1. The van der Waals surface area contributed by atoms with E-state index in [1.165, 1.54) is 0 Å². The molecule has 0 fully saturated rings. The van der Waals surface area contributed by atoms with Crippen molar-refractivity contribution in [1.82, 2.24) is 15.0 Å². The van der Waals surface area contributed by atoms with E-state index < -0.39 is 0 Å². The highest BCUT2D eigenvalue weighted by molar-refractivity contribution is 7.09. The molecule has 0 spiro atoms. The molecule has 1 N–H and O–H groups in total. The lowest BCUT2D eigenvalue weighted by atomic mass is 9.97. The van der Waals surface area contributed by atoms with Crippen molar-refractivity contribution in [2.75, 3.05) is 19.2 Å². The normalized spacial score (nSPS) is 12.5. The van der Waals surface area contributed by atoms with E-state index in [1.807, 2.05) is 25.1 Å². The van der Waals surface area contributed by atoms with Crippen LogP contribution in [0.5, 0.6) is 11.5 Å². The monoisotopic (exact) mass is 420 g/mol. The van der Waals surface area contributed by atoms with Crippen LogP contribution >= 0.6 is 11.3 Å². The summed E-state index contributed by atoms with van der Waals surface area (Å²) >= 11 is 1.64. The second-order valence-corrected chi connectivity index (χ2v) is 8.02. The van der Waals surface area contributed by atoms with Gasteiger partial charge in [-0.2, -0.15) is 0 Å². The number of aromatic nitrogens is 3. The van der Waals surface area contributed by atoms with E-state index in [-0.39, 0.29) is 6.79 Å². The summed E-state index contributed by atoms with van der Waals surface area (Å²) in [5.74, 6) is 2.28. The third-order valence-electron chi connectivity index (χ3n) is 4.95. The lowest BCUT2D eigenvalue weighted by Crippen LogP contribution is -2.04. The van der Waals surface area contributed by atoms with E-state index in [4.69, 9.17) is 14.2 Å². The molecule has 0 unspecified atom stereocenters. The molecule has 0 saturated heterocycles. The number of hydrogen-bond acceptors (Lipinski definition) is 8. The minimum absolute atomic E-state index is 0.249. The van der Waals surface area contributed by atoms with Gasteiger partial charge in [0.1, 0.15) is 12.1 Å². The van der Waals surface area contributed by atoms with Gasteiger partial charge in [0.25, 0.3) is 0 Å². The van der Waals surface area contributed by atoms with Crippen LogP contribution in [0.15, 0.2) is 42.0 Å². The third kappa shape index (κ3) is 3.55. The molecule has 0 amide bonds. The molecule has 30 heavy (non-hydrogen) atoms. The smallest absolute Gasteiger partial charge is 0.231 e. The van der Waals surface area contributed by atoms with Crippen molar-refractivity contribution >= 4 is 28.1 Å². The van der Waals surface area contributed by atoms with Crippen molar-refractivity contribution in [1.29, 1.82) is 0 Å². The minimum Gasteiger partial charge on any atom is -0.454 e. The van der Waals surface area contributed by atoms with Crippen LogP contribution in [0.1, 0.15) is 16.3 Å². The van der Waals surface area contributed by atoms with Crippen molar-refractivity contribution in [2.24, 2.45) is 0 Å². The van der Waals surface area contributed by atoms with Crippen LogP contribution in [0.25, 0.3) is 22.0 Å². The first-order valence-corrected chi connectivity index (χ1v) is 10.4. The Labute approximate surface area is 177 Å². The average Bonchev–Trinajstić information content (AvgIpc) is 3.40. The van der Waals surface area contributed by atoms with Gasteiger partial charge in [0.05, 0.1) is 29.4 Å². The SMILES string of the molecule is COCc1cc2ncnc(NCc3csc(C)n3)c2cc1-c1ccc2c(c1)OCO2. The van der Waals surface area contributed by atoms with Crippen LogP contribution in [0.2, 0.25) is 0 Å². The van der Waals surface area contributed by atoms with Crippen molar-refractivity contribution in [3.8, 4) is 22.6 Å². The van der Waals surface area contributed by atoms with Gasteiger partial charge in [-0.15, -0.1) is 11.3 Å². The van der Waals surface area contributed by atoms with Gasteiger partial charge < -0.3 is 19.5 Å².